The number of nitrogens with zero attached hydrogens (tertiary/aromatic N) is 1. The zero-order valence-corrected chi connectivity index (χ0v) is 9.04. The highest BCUT2D eigenvalue weighted by Crippen LogP contribution is 2.32. The number of aromatic nitrogens is 1. The molecule has 1 aromatic carbocycles. The van der Waals surface area contributed by atoms with Crippen LogP contribution in [0.5, 0.6) is 0 Å². The molecule has 1 heterocycles. The molecule has 0 aliphatic heterocycles. The van der Waals surface area contributed by atoms with Crippen molar-refractivity contribution in [2.45, 2.75) is 24.9 Å². The van der Waals surface area contributed by atoms with Crippen LogP contribution in [0.1, 0.15) is 18.9 Å². The molecule has 0 atom stereocenters. The second-order valence-corrected chi connectivity index (χ2v) is 5.12. The second kappa shape index (κ2) is 3.18. The first kappa shape index (κ1) is 9.12. The molecule has 4 heteroatoms. The monoisotopic (exact) mass is 220 g/mol. The van der Waals surface area contributed by atoms with Gasteiger partial charge in [0.05, 0.1) is 16.1 Å². The van der Waals surface area contributed by atoms with Crippen LogP contribution in [0.15, 0.2) is 29.1 Å². The lowest BCUT2D eigenvalue weighted by Crippen LogP contribution is -2.39. The normalized spacial score (nSPS) is 25.4. The van der Waals surface area contributed by atoms with Gasteiger partial charge in [0.15, 0.2) is 0 Å². The Morgan fingerprint density at radius 2 is 2.07 bits per heavy atom. The topological polar surface area (TPSA) is 48.0 Å². The van der Waals surface area contributed by atoms with Crippen molar-refractivity contribution in [3.05, 3.63) is 34.6 Å². The molecule has 0 amide bonds. The average Bonchev–Trinajstić information content (AvgIpc) is 2.52. The van der Waals surface area contributed by atoms with E-state index in [1.54, 1.807) is 11.5 Å². The zero-order valence-electron chi connectivity index (χ0n) is 8.22. The van der Waals surface area contributed by atoms with Crippen molar-refractivity contribution < 1.29 is 0 Å². The number of nitrogens with two attached hydrogens (primary N) is 1. The van der Waals surface area contributed by atoms with Crippen LogP contribution in [-0.2, 0) is 0 Å². The summed E-state index contributed by atoms with van der Waals surface area (Å²) >= 11 is 1.56. The molecule has 0 unspecified atom stereocenters. The van der Waals surface area contributed by atoms with Gasteiger partial charge in [-0.25, -0.2) is 0 Å². The van der Waals surface area contributed by atoms with Crippen molar-refractivity contribution >= 4 is 21.6 Å². The van der Waals surface area contributed by atoms with Crippen LogP contribution in [0.4, 0.5) is 0 Å². The van der Waals surface area contributed by atoms with E-state index in [0.717, 1.165) is 22.9 Å². The number of hydrogen-bond donors (Lipinski definition) is 1. The van der Waals surface area contributed by atoms with E-state index in [-0.39, 0.29) is 11.6 Å². The predicted molar refractivity (Wildman–Crippen MR) is 62.3 cm³/mol. The maximum atomic E-state index is 12.0. The summed E-state index contributed by atoms with van der Waals surface area (Å²) < 4.78 is 2.96. The highest BCUT2D eigenvalue weighted by molar-refractivity contribution is 7.13. The molecule has 0 radical (unpaired) electrons. The lowest BCUT2D eigenvalue weighted by atomic mass is 9.88. The Labute approximate surface area is 91.3 Å². The fourth-order valence-electron chi connectivity index (χ4n) is 2.05. The summed E-state index contributed by atoms with van der Waals surface area (Å²) in [5.41, 5.74) is 5.89. The van der Waals surface area contributed by atoms with Gasteiger partial charge in [-0.3, -0.25) is 8.75 Å². The highest BCUT2D eigenvalue weighted by atomic mass is 32.1. The Balaban J connectivity index is 2.12. The first-order chi connectivity index (χ1) is 7.25. The largest absolute Gasteiger partial charge is 0.328 e. The van der Waals surface area contributed by atoms with Gasteiger partial charge in [0, 0.05) is 6.04 Å². The molecular formula is C11H12N2OS. The first-order valence-electron chi connectivity index (χ1n) is 5.12. The van der Waals surface area contributed by atoms with Crippen LogP contribution in [0.25, 0.3) is 10.1 Å². The van der Waals surface area contributed by atoms with Gasteiger partial charge < -0.3 is 5.73 Å². The summed E-state index contributed by atoms with van der Waals surface area (Å²) in [6.07, 6.45) is 1.87. The Morgan fingerprint density at radius 3 is 2.73 bits per heavy atom. The summed E-state index contributed by atoms with van der Waals surface area (Å²) in [7, 11) is 0. The van der Waals surface area contributed by atoms with Crippen LogP contribution in [0.2, 0.25) is 0 Å². The zero-order chi connectivity index (χ0) is 10.4. The second-order valence-electron chi connectivity index (χ2n) is 4.10. The predicted octanol–water partition coefficient (Wildman–Crippen LogP) is 1.73. The summed E-state index contributed by atoms with van der Waals surface area (Å²) in [6.45, 7) is 0. The molecule has 3 nitrogen and oxygen atoms in total. The van der Waals surface area contributed by atoms with E-state index in [1.807, 2.05) is 28.2 Å². The average molecular weight is 220 g/mol. The Bertz CT molecular complexity index is 551. The molecular weight excluding hydrogens is 208 g/mol. The van der Waals surface area contributed by atoms with Crippen LogP contribution in [-0.4, -0.2) is 10.00 Å². The quantitative estimate of drug-likeness (QED) is 0.795. The minimum Gasteiger partial charge on any atom is -0.328 e. The third-order valence-electron chi connectivity index (χ3n) is 3.00. The first-order valence-corrected chi connectivity index (χ1v) is 5.89. The van der Waals surface area contributed by atoms with E-state index in [4.69, 9.17) is 5.73 Å². The van der Waals surface area contributed by atoms with Crippen molar-refractivity contribution in [3.63, 3.8) is 0 Å². The molecule has 1 aromatic heterocycles. The van der Waals surface area contributed by atoms with E-state index < -0.39 is 0 Å². The van der Waals surface area contributed by atoms with Crippen LogP contribution >= 0.6 is 11.5 Å². The van der Waals surface area contributed by atoms with Gasteiger partial charge in [-0.1, -0.05) is 23.7 Å². The maximum Gasteiger partial charge on any atom is 0.268 e. The van der Waals surface area contributed by atoms with E-state index in [0.29, 0.717) is 6.04 Å². The summed E-state index contributed by atoms with van der Waals surface area (Å²) in [4.78, 5) is 12.0. The summed E-state index contributed by atoms with van der Waals surface area (Å²) in [5, 5.41) is 0.836. The number of rotatable bonds is 1. The van der Waals surface area contributed by atoms with Gasteiger partial charge in [0.25, 0.3) is 5.56 Å². The van der Waals surface area contributed by atoms with E-state index >= 15 is 0 Å². The van der Waals surface area contributed by atoms with E-state index in [9.17, 15) is 4.79 Å². The van der Waals surface area contributed by atoms with Crippen molar-refractivity contribution in [1.82, 2.24) is 3.96 Å². The van der Waals surface area contributed by atoms with Crippen molar-refractivity contribution in [2.75, 3.05) is 0 Å². The molecule has 15 heavy (non-hydrogen) atoms. The minimum absolute atomic E-state index is 0.146. The molecule has 0 bridgehead atoms. The molecule has 78 valence electrons. The number of fused-ring (bicyclic) bond motifs is 1. The fourth-order valence-corrected chi connectivity index (χ4v) is 3.16. The van der Waals surface area contributed by atoms with Crippen LogP contribution < -0.4 is 11.3 Å². The van der Waals surface area contributed by atoms with Crippen LogP contribution in [0, 0.1) is 0 Å². The van der Waals surface area contributed by atoms with E-state index in [1.165, 1.54) is 0 Å². The molecule has 2 N–H and O–H groups in total. The van der Waals surface area contributed by atoms with Gasteiger partial charge in [0.1, 0.15) is 0 Å². The van der Waals surface area contributed by atoms with Gasteiger partial charge in [0.2, 0.25) is 0 Å². The molecule has 0 saturated heterocycles. The van der Waals surface area contributed by atoms with Gasteiger partial charge in [-0.2, -0.15) is 0 Å². The van der Waals surface area contributed by atoms with Gasteiger partial charge in [-0.15, -0.1) is 0 Å². The summed E-state index contributed by atoms with van der Waals surface area (Å²) in [6, 6.07) is 8.39. The smallest absolute Gasteiger partial charge is 0.268 e. The SMILES string of the molecule is NC1CC(n2sc3ccccc3c2=O)C1. The third-order valence-corrected chi connectivity index (χ3v) is 4.21. The Hall–Kier alpha value is -1.13. The Kier molecular flexibility index (Phi) is 1.94. The Morgan fingerprint density at radius 1 is 1.33 bits per heavy atom. The standard InChI is InChI=1S/C11H12N2OS/c12-7-5-8(6-7)13-11(14)9-3-1-2-4-10(9)15-13/h1-4,7-8H,5-6,12H2. The number of benzene rings is 1. The molecule has 1 saturated carbocycles. The molecule has 1 aliphatic rings. The highest BCUT2D eigenvalue weighted by Gasteiger charge is 2.29. The lowest BCUT2D eigenvalue weighted by molar-refractivity contribution is 0.277. The molecule has 3 rings (SSSR count). The molecule has 0 spiro atoms. The molecule has 1 aliphatic carbocycles. The van der Waals surface area contributed by atoms with E-state index in [2.05, 4.69) is 0 Å². The van der Waals surface area contributed by atoms with Crippen molar-refractivity contribution in [2.24, 2.45) is 5.73 Å². The lowest BCUT2D eigenvalue weighted by Gasteiger charge is -2.32. The van der Waals surface area contributed by atoms with Gasteiger partial charge in [-0.05, 0) is 25.0 Å². The molecule has 2 aromatic rings. The van der Waals surface area contributed by atoms with Crippen molar-refractivity contribution in [3.8, 4) is 0 Å². The third kappa shape index (κ3) is 1.33. The van der Waals surface area contributed by atoms with Crippen LogP contribution in [0.3, 0.4) is 0 Å². The minimum atomic E-state index is 0.146. The van der Waals surface area contributed by atoms with Gasteiger partial charge >= 0.3 is 0 Å². The summed E-state index contributed by atoms with van der Waals surface area (Å²) in [5.74, 6) is 0. The fraction of sp³-hybridized carbons (Fsp3) is 0.364. The molecule has 1 fully saturated rings. The maximum absolute atomic E-state index is 12.0. The number of hydrogen-bond acceptors (Lipinski definition) is 3. The van der Waals surface area contributed by atoms with Crippen molar-refractivity contribution in [1.29, 1.82) is 0 Å².